The van der Waals surface area contributed by atoms with Gasteiger partial charge in [-0.25, -0.2) is 9.97 Å². The Hall–Kier alpha value is -3.80. The van der Waals surface area contributed by atoms with Gasteiger partial charge in [0.15, 0.2) is 0 Å². The topological polar surface area (TPSA) is 83.4 Å². The van der Waals surface area contributed by atoms with Crippen molar-refractivity contribution in [1.29, 1.82) is 0 Å². The first-order valence-corrected chi connectivity index (χ1v) is 9.72. The molecule has 4 rings (SSSR count). The molecule has 1 fully saturated rings. The van der Waals surface area contributed by atoms with Crippen LogP contribution in [0.25, 0.3) is 5.76 Å². The molecule has 0 spiro atoms. The Morgan fingerprint density at radius 1 is 0.933 bits per heavy atom. The standard InChI is InChI=1S/C24H21N3O3/c1-15(2)16-9-11-17(12-10-16)20-19(21(28)18-7-4-3-5-8-18)22(29)23(30)27(20)24-25-13-6-14-26-24/h3-15,20,28H,1-2H3/b21-19-. The van der Waals surface area contributed by atoms with E-state index in [0.717, 1.165) is 5.56 Å². The molecule has 30 heavy (non-hydrogen) atoms. The van der Waals surface area contributed by atoms with Crippen LogP contribution < -0.4 is 4.90 Å². The minimum absolute atomic E-state index is 0.0240. The third-order valence-electron chi connectivity index (χ3n) is 5.18. The predicted molar refractivity (Wildman–Crippen MR) is 114 cm³/mol. The van der Waals surface area contributed by atoms with E-state index in [1.807, 2.05) is 30.3 Å². The van der Waals surface area contributed by atoms with Gasteiger partial charge >= 0.3 is 5.91 Å². The molecular formula is C24H21N3O3. The van der Waals surface area contributed by atoms with Gasteiger partial charge in [0.2, 0.25) is 5.95 Å². The van der Waals surface area contributed by atoms with Gasteiger partial charge in [-0.3, -0.25) is 14.5 Å². The summed E-state index contributed by atoms with van der Waals surface area (Å²) in [6.45, 7) is 4.18. The molecule has 0 bridgehead atoms. The van der Waals surface area contributed by atoms with Crippen LogP contribution in [-0.2, 0) is 9.59 Å². The summed E-state index contributed by atoms with van der Waals surface area (Å²) < 4.78 is 0. The molecule has 1 aliphatic rings. The van der Waals surface area contributed by atoms with Gasteiger partial charge in [0.1, 0.15) is 5.76 Å². The summed E-state index contributed by atoms with van der Waals surface area (Å²) in [6, 6.07) is 17.2. The number of rotatable bonds is 4. The highest BCUT2D eigenvalue weighted by Gasteiger charge is 2.48. The van der Waals surface area contributed by atoms with Crippen LogP contribution in [-0.4, -0.2) is 26.8 Å². The average molecular weight is 399 g/mol. The van der Waals surface area contributed by atoms with Crippen molar-refractivity contribution in [3.05, 3.63) is 95.3 Å². The summed E-state index contributed by atoms with van der Waals surface area (Å²) in [7, 11) is 0. The lowest BCUT2D eigenvalue weighted by Gasteiger charge is -2.23. The monoisotopic (exact) mass is 399 g/mol. The number of anilines is 1. The first-order valence-electron chi connectivity index (χ1n) is 9.72. The van der Waals surface area contributed by atoms with Crippen LogP contribution in [0.15, 0.2) is 78.6 Å². The fraction of sp³-hybridized carbons (Fsp3) is 0.167. The molecule has 1 atom stereocenters. The molecular weight excluding hydrogens is 378 g/mol. The van der Waals surface area contributed by atoms with Crippen LogP contribution in [0.5, 0.6) is 0 Å². The summed E-state index contributed by atoms with van der Waals surface area (Å²) in [6.07, 6.45) is 3.02. The number of carbonyl (C=O) groups is 2. The van der Waals surface area contributed by atoms with E-state index < -0.39 is 17.7 Å². The second kappa shape index (κ2) is 7.91. The molecule has 1 N–H and O–H groups in total. The first-order chi connectivity index (χ1) is 14.5. The molecule has 1 unspecified atom stereocenters. The fourth-order valence-corrected chi connectivity index (χ4v) is 3.58. The Kier molecular flexibility index (Phi) is 5.14. The summed E-state index contributed by atoms with van der Waals surface area (Å²) in [5.74, 6) is -1.29. The number of amides is 1. The van der Waals surface area contributed by atoms with E-state index in [4.69, 9.17) is 0 Å². The molecule has 0 saturated carbocycles. The molecule has 2 heterocycles. The highest BCUT2D eigenvalue weighted by Crippen LogP contribution is 2.41. The predicted octanol–water partition coefficient (Wildman–Crippen LogP) is 4.23. The number of hydrogen-bond acceptors (Lipinski definition) is 5. The fourth-order valence-electron chi connectivity index (χ4n) is 3.58. The highest BCUT2D eigenvalue weighted by molar-refractivity contribution is 6.51. The number of ketones is 1. The molecule has 1 aliphatic heterocycles. The molecule has 6 nitrogen and oxygen atoms in total. The first kappa shape index (κ1) is 19.5. The molecule has 2 aromatic carbocycles. The summed E-state index contributed by atoms with van der Waals surface area (Å²) in [4.78, 5) is 35.6. The lowest BCUT2D eigenvalue weighted by molar-refractivity contribution is -0.132. The quantitative estimate of drug-likeness (QED) is 0.403. The SMILES string of the molecule is CC(C)c1ccc(C2/C(=C(/O)c3ccccc3)C(=O)C(=O)N2c2ncccn2)cc1. The van der Waals surface area contributed by atoms with Crippen LogP contribution in [0.3, 0.4) is 0 Å². The van der Waals surface area contributed by atoms with Crippen molar-refractivity contribution in [3.63, 3.8) is 0 Å². The normalized spacial score (nSPS) is 18.2. The van der Waals surface area contributed by atoms with Gasteiger partial charge < -0.3 is 5.11 Å². The molecule has 1 saturated heterocycles. The van der Waals surface area contributed by atoms with Crippen molar-refractivity contribution in [2.24, 2.45) is 0 Å². The second-order valence-electron chi connectivity index (χ2n) is 7.41. The van der Waals surface area contributed by atoms with Gasteiger partial charge in [-0.15, -0.1) is 0 Å². The van der Waals surface area contributed by atoms with Crippen molar-refractivity contribution in [1.82, 2.24) is 9.97 Å². The van der Waals surface area contributed by atoms with Gasteiger partial charge in [0.25, 0.3) is 5.78 Å². The molecule has 150 valence electrons. The van der Waals surface area contributed by atoms with Gasteiger partial charge in [-0.05, 0) is 23.1 Å². The maximum atomic E-state index is 13.0. The van der Waals surface area contributed by atoms with Crippen LogP contribution in [0, 0.1) is 0 Å². The number of hydrogen-bond donors (Lipinski definition) is 1. The summed E-state index contributed by atoms with van der Waals surface area (Å²) in [5.41, 5.74) is 2.32. The van der Waals surface area contributed by atoms with E-state index in [2.05, 4.69) is 23.8 Å². The minimum Gasteiger partial charge on any atom is -0.507 e. The Labute approximate surface area is 174 Å². The lowest BCUT2D eigenvalue weighted by Crippen LogP contribution is -2.31. The molecule has 1 amide bonds. The van der Waals surface area contributed by atoms with Crippen molar-refractivity contribution in [2.75, 3.05) is 4.90 Å². The maximum Gasteiger partial charge on any atom is 0.302 e. The van der Waals surface area contributed by atoms with Crippen LogP contribution in [0.4, 0.5) is 5.95 Å². The number of carbonyl (C=O) groups excluding carboxylic acids is 2. The van der Waals surface area contributed by atoms with Gasteiger partial charge in [0.05, 0.1) is 11.6 Å². The van der Waals surface area contributed by atoms with E-state index in [-0.39, 0.29) is 17.3 Å². The maximum absolute atomic E-state index is 13.0. The van der Waals surface area contributed by atoms with Crippen molar-refractivity contribution >= 4 is 23.4 Å². The third kappa shape index (κ3) is 3.37. The minimum atomic E-state index is -0.825. The zero-order valence-corrected chi connectivity index (χ0v) is 16.7. The van der Waals surface area contributed by atoms with Gasteiger partial charge in [-0.2, -0.15) is 0 Å². The number of aliphatic hydroxyl groups is 1. The smallest absolute Gasteiger partial charge is 0.302 e. The number of nitrogens with zero attached hydrogens (tertiary/aromatic N) is 3. The van der Waals surface area contributed by atoms with Gasteiger partial charge in [0, 0.05) is 18.0 Å². The zero-order valence-electron chi connectivity index (χ0n) is 16.7. The largest absolute Gasteiger partial charge is 0.507 e. The third-order valence-corrected chi connectivity index (χ3v) is 5.18. The van der Waals surface area contributed by atoms with Crippen LogP contribution in [0.2, 0.25) is 0 Å². The highest BCUT2D eigenvalue weighted by atomic mass is 16.3. The zero-order chi connectivity index (χ0) is 21.3. The Bertz CT molecular complexity index is 1110. The van der Waals surface area contributed by atoms with Crippen molar-refractivity contribution in [2.45, 2.75) is 25.8 Å². The number of aromatic nitrogens is 2. The number of aliphatic hydroxyl groups excluding tert-OH is 1. The van der Waals surface area contributed by atoms with Crippen LogP contribution >= 0.6 is 0 Å². The van der Waals surface area contributed by atoms with Crippen molar-refractivity contribution in [3.8, 4) is 0 Å². The molecule has 0 radical (unpaired) electrons. The van der Waals surface area contributed by atoms with E-state index in [9.17, 15) is 14.7 Å². The molecule has 1 aromatic heterocycles. The van der Waals surface area contributed by atoms with Crippen LogP contribution in [0.1, 0.15) is 42.5 Å². The van der Waals surface area contributed by atoms with Gasteiger partial charge in [-0.1, -0.05) is 68.4 Å². The average Bonchev–Trinajstić information content (AvgIpc) is 3.05. The molecule has 3 aromatic rings. The lowest BCUT2D eigenvalue weighted by atomic mass is 9.93. The Morgan fingerprint density at radius 3 is 2.17 bits per heavy atom. The van der Waals surface area contributed by atoms with Crippen molar-refractivity contribution < 1.29 is 14.7 Å². The van der Waals surface area contributed by atoms with E-state index in [1.165, 1.54) is 17.3 Å². The molecule has 0 aliphatic carbocycles. The Balaban J connectivity index is 1.92. The second-order valence-corrected chi connectivity index (χ2v) is 7.41. The Morgan fingerprint density at radius 2 is 1.57 bits per heavy atom. The number of Topliss-reactive ketones (excluding diaryl/α,β-unsaturated/α-hetero) is 1. The van der Waals surface area contributed by atoms with E-state index in [1.54, 1.807) is 30.3 Å². The summed E-state index contributed by atoms with van der Waals surface area (Å²) in [5, 5.41) is 11.0. The van der Waals surface area contributed by atoms with E-state index >= 15 is 0 Å². The number of benzene rings is 2. The van der Waals surface area contributed by atoms with E-state index in [0.29, 0.717) is 17.0 Å². The molecule has 6 heteroatoms. The summed E-state index contributed by atoms with van der Waals surface area (Å²) >= 11 is 0.